The maximum absolute atomic E-state index is 10.8. The lowest BCUT2D eigenvalue weighted by Crippen LogP contribution is -2.15. The fourth-order valence-corrected chi connectivity index (χ4v) is 2.33. The van der Waals surface area contributed by atoms with Gasteiger partial charge in [0.1, 0.15) is 18.1 Å². The second-order valence-electron chi connectivity index (χ2n) is 5.24. The van der Waals surface area contributed by atoms with Gasteiger partial charge in [-0.25, -0.2) is 4.98 Å². The van der Waals surface area contributed by atoms with Gasteiger partial charge in [-0.05, 0) is 30.3 Å². The summed E-state index contributed by atoms with van der Waals surface area (Å²) in [4.78, 5) is 23.4. The van der Waals surface area contributed by atoms with E-state index in [4.69, 9.17) is 16.7 Å². The molecule has 3 rings (SSSR count). The van der Waals surface area contributed by atoms with Crippen molar-refractivity contribution in [2.75, 3.05) is 17.2 Å². The molecule has 0 aliphatic heterocycles. The van der Waals surface area contributed by atoms with Crippen LogP contribution in [0.15, 0.2) is 48.8 Å². The third-order valence-corrected chi connectivity index (χ3v) is 3.54. The molecule has 26 heavy (non-hydrogen) atoms. The van der Waals surface area contributed by atoms with Gasteiger partial charge >= 0.3 is 5.97 Å². The number of phenolic OH excluding ortho intramolecular Hbond substituents is 1. The fraction of sp³-hybridized carbons (Fsp3) is 0.0588. The molecular weight excluding hydrogens is 358 g/mol. The SMILES string of the molecule is O=C(O)CNc1nc(Nc2cc(Cl)ccc2O)cc(-c2cccnc2)n1. The van der Waals surface area contributed by atoms with E-state index in [2.05, 4.69) is 25.6 Å². The number of phenols is 1. The van der Waals surface area contributed by atoms with Crippen LogP contribution in [-0.2, 0) is 4.79 Å². The van der Waals surface area contributed by atoms with E-state index in [1.807, 2.05) is 6.07 Å². The molecule has 3 aromatic rings. The van der Waals surface area contributed by atoms with E-state index in [1.165, 1.54) is 6.07 Å². The van der Waals surface area contributed by atoms with Gasteiger partial charge in [-0.2, -0.15) is 4.98 Å². The Balaban J connectivity index is 1.98. The summed E-state index contributed by atoms with van der Waals surface area (Å²) >= 11 is 5.96. The zero-order chi connectivity index (χ0) is 18.5. The number of rotatable bonds is 6. The van der Waals surface area contributed by atoms with Gasteiger partial charge in [0.05, 0.1) is 11.4 Å². The zero-order valence-electron chi connectivity index (χ0n) is 13.3. The van der Waals surface area contributed by atoms with Gasteiger partial charge in [0.2, 0.25) is 5.95 Å². The third kappa shape index (κ3) is 4.37. The molecule has 0 aliphatic rings. The van der Waals surface area contributed by atoms with Gasteiger partial charge < -0.3 is 20.8 Å². The standard InChI is InChI=1S/C17H14ClN5O3/c18-11-3-4-14(24)13(6-11)21-15-7-12(10-2-1-5-19-8-10)22-17(23-15)20-9-16(25)26/h1-8,24H,9H2,(H,25,26)(H2,20,21,22,23). The van der Waals surface area contributed by atoms with Crippen molar-refractivity contribution in [1.29, 1.82) is 0 Å². The quantitative estimate of drug-likeness (QED) is 0.488. The normalized spacial score (nSPS) is 10.3. The van der Waals surface area contributed by atoms with Crippen LogP contribution in [0.1, 0.15) is 0 Å². The van der Waals surface area contributed by atoms with E-state index < -0.39 is 5.97 Å². The highest BCUT2D eigenvalue weighted by Gasteiger charge is 2.10. The van der Waals surface area contributed by atoms with E-state index in [0.717, 1.165) is 5.56 Å². The summed E-state index contributed by atoms with van der Waals surface area (Å²) in [5.74, 6) is -0.569. The van der Waals surface area contributed by atoms with Crippen LogP contribution in [0.3, 0.4) is 0 Å². The number of hydrogen-bond donors (Lipinski definition) is 4. The van der Waals surface area contributed by atoms with Gasteiger partial charge in [0, 0.05) is 29.0 Å². The minimum Gasteiger partial charge on any atom is -0.506 e. The van der Waals surface area contributed by atoms with Crippen LogP contribution >= 0.6 is 11.6 Å². The van der Waals surface area contributed by atoms with Crippen LogP contribution in [0.2, 0.25) is 5.02 Å². The number of hydrogen-bond acceptors (Lipinski definition) is 7. The van der Waals surface area contributed by atoms with Crippen molar-refractivity contribution in [2.45, 2.75) is 0 Å². The number of carbonyl (C=O) groups is 1. The summed E-state index contributed by atoms with van der Waals surface area (Å²) in [6.07, 6.45) is 3.27. The Morgan fingerprint density at radius 2 is 2.04 bits per heavy atom. The van der Waals surface area contributed by atoms with Crippen molar-refractivity contribution in [3.05, 3.63) is 53.8 Å². The van der Waals surface area contributed by atoms with Gasteiger partial charge in [0.25, 0.3) is 0 Å². The molecule has 0 atom stereocenters. The summed E-state index contributed by atoms with van der Waals surface area (Å²) in [6.45, 7) is -0.335. The molecule has 0 amide bonds. The number of aromatic hydroxyl groups is 1. The average molecular weight is 372 g/mol. The van der Waals surface area contributed by atoms with Gasteiger partial charge in [-0.15, -0.1) is 0 Å². The molecular formula is C17H14ClN5O3. The minimum atomic E-state index is -1.04. The molecule has 0 fully saturated rings. The van der Waals surface area contributed by atoms with Crippen molar-refractivity contribution in [3.63, 3.8) is 0 Å². The monoisotopic (exact) mass is 371 g/mol. The number of pyridine rings is 1. The maximum Gasteiger partial charge on any atom is 0.322 e. The molecule has 0 radical (unpaired) electrons. The number of nitrogens with one attached hydrogen (secondary N) is 2. The largest absolute Gasteiger partial charge is 0.506 e. The molecule has 0 saturated carbocycles. The highest BCUT2D eigenvalue weighted by Crippen LogP contribution is 2.30. The van der Waals surface area contributed by atoms with E-state index in [9.17, 15) is 9.90 Å². The predicted octanol–water partition coefficient (Wildman–Crippen LogP) is 3.14. The van der Waals surface area contributed by atoms with Crippen LogP contribution in [0.4, 0.5) is 17.5 Å². The fourth-order valence-electron chi connectivity index (χ4n) is 2.15. The number of nitrogens with zero attached hydrogens (tertiary/aromatic N) is 3. The Kier molecular flexibility index (Phi) is 5.14. The molecule has 0 unspecified atom stereocenters. The summed E-state index contributed by atoms with van der Waals surface area (Å²) in [7, 11) is 0. The molecule has 8 nitrogen and oxygen atoms in total. The highest BCUT2D eigenvalue weighted by molar-refractivity contribution is 6.31. The number of aliphatic carboxylic acids is 1. The van der Waals surface area contributed by atoms with Crippen molar-refractivity contribution in [3.8, 4) is 17.0 Å². The Labute approximate surface area is 153 Å². The molecule has 0 saturated heterocycles. The summed E-state index contributed by atoms with van der Waals surface area (Å²) < 4.78 is 0. The highest BCUT2D eigenvalue weighted by atomic mass is 35.5. The number of anilines is 3. The van der Waals surface area contributed by atoms with Crippen molar-refractivity contribution in [1.82, 2.24) is 15.0 Å². The topological polar surface area (TPSA) is 120 Å². The summed E-state index contributed by atoms with van der Waals surface area (Å²) in [6, 6.07) is 9.80. The van der Waals surface area contributed by atoms with E-state index >= 15 is 0 Å². The van der Waals surface area contributed by atoms with Gasteiger partial charge in [0.15, 0.2) is 0 Å². The second-order valence-corrected chi connectivity index (χ2v) is 5.67. The molecule has 0 spiro atoms. The number of halogens is 1. The van der Waals surface area contributed by atoms with E-state index in [-0.39, 0.29) is 18.2 Å². The first-order chi connectivity index (χ1) is 12.5. The predicted molar refractivity (Wildman–Crippen MR) is 97.8 cm³/mol. The molecule has 4 N–H and O–H groups in total. The first-order valence-electron chi connectivity index (χ1n) is 7.52. The Morgan fingerprint density at radius 3 is 2.77 bits per heavy atom. The van der Waals surface area contributed by atoms with E-state index in [0.29, 0.717) is 22.2 Å². The number of benzene rings is 1. The number of carboxylic acid groups (broad SMARTS) is 1. The van der Waals surface area contributed by atoms with Crippen LogP contribution in [0.25, 0.3) is 11.3 Å². The number of carboxylic acids is 1. The molecule has 2 heterocycles. The molecule has 2 aromatic heterocycles. The van der Waals surface area contributed by atoms with Crippen LogP contribution in [0.5, 0.6) is 5.75 Å². The van der Waals surface area contributed by atoms with E-state index in [1.54, 1.807) is 36.7 Å². The minimum absolute atomic E-state index is 0.00372. The first-order valence-corrected chi connectivity index (χ1v) is 7.90. The number of aromatic nitrogens is 3. The lowest BCUT2D eigenvalue weighted by atomic mass is 10.2. The Hall–Kier alpha value is -3.39. The van der Waals surface area contributed by atoms with Gasteiger partial charge in [-0.3, -0.25) is 9.78 Å². The van der Waals surface area contributed by atoms with Crippen molar-refractivity contribution < 1.29 is 15.0 Å². The Morgan fingerprint density at radius 1 is 1.19 bits per heavy atom. The molecule has 0 aliphatic carbocycles. The van der Waals surface area contributed by atoms with Crippen molar-refractivity contribution in [2.24, 2.45) is 0 Å². The maximum atomic E-state index is 10.8. The van der Waals surface area contributed by atoms with Crippen LogP contribution in [-0.4, -0.2) is 37.7 Å². The smallest absolute Gasteiger partial charge is 0.322 e. The lowest BCUT2D eigenvalue weighted by Gasteiger charge is -2.12. The lowest BCUT2D eigenvalue weighted by molar-refractivity contribution is -0.134. The first kappa shape index (κ1) is 17.4. The summed E-state index contributed by atoms with van der Waals surface area (Å²) in [5, 5.41) is 24.8. The van der Waals surface area contributed by atoms with Crippen LogP contribution in [0, 0.1) is 0 Å². The molecule has 0 bridgehead atoms. The molecule has 132 valence electrons. The average Bonchev–Trinajstić information content (AvgIpc) is 2.63. The Bertz CT molecular complexity index is 937. The molecule has 9 heteroatoms. The van der Waals surface area contributed by atoms with Crippen molar-refractivity contribution >= 4 is 35.0 Å². The zero-order valence-corrected chi connectivity index (χ0v) is 14.1. The van der Waals surface area contributed by atoms with Gasteiger partial charge in [-0.1, -0.05) is 11.6 Å². The molecule has 1 aromatic carbocycles. The van der Waals surface area contributed by atoms with Crippen LogP contribution < -0.4 is 10.6 Å². The third-order valence-electron chi connectivity index (χ3n) is 3.30. The second kappa shape index (κ2) is 7.66. The summed E-state index contributed by atoms with van der Waals surface area (Å²) in [5.41, 5.74) is 1.62.